The van der Waals surface area contributed by atoms with Gasteiger partial charge < -0.3 is 5.32 Å². The quantitative estimate of drug-likeness (QED) is 0.737. The molecule has 3 nitrogen and oxygen atoms in total. The molecule has 1 amide bonds. The predicted octanol–water partition coefficient (Wildman–Crippen LogP) is 4.71. The average molecular weight is 328 g/mol. The van der Waals surface area contributed by atoms with Crippen molar-refractivity contribution in [2.75, 3.05) is 5.32 Å². The zero-order chi connectivity index (χ0) is 16.2. The molecule has 5 heteroatoms. The Labute approximate surface area is 138 Å². The monoisotopic (exact) mass is 328 g/mol. The van der Waals surface area contributed by atoms with E-state index in [4.69, 9.17) is 0 Å². The molecule has 0 bridgehead atoms. The Bertz CT molecular complexity index is 811. The number of aromatic nitrogens is 1. The van der Waals surface area contributed by atoms with Crippen LogP contribution in [-0.4, -0.2) is 10.9 Å². The maximum atomic E-state index is 13.2. The van der Waals surface area contributed by atoms with Gasteiger partial charge in [0.05, 0.1) is 15.2 Å². The maximum absolute atomic E-state index is 13.2. The second kappa shape index (κ2) is 6.87. The SMILES string of the molecule is Cc1ccc(F)cc1NC(=O)CCCc1nc2ccccc2s1. The third-order valence-corrected chi connectivity index (χ3v) is 4.70. The Balaban J connectivity index is 1.53. The predicted molar refractivity (Wildman–Crippen MR) is 92.3 cm³/mol. The number of nitrogens with one attached hydrogen (secondary N) is 1. The van der Waals surface area contributed by atoms with Crippen LogP contribution in [0.1, 0.15) is 23.4 Å². The number of fused-ring (bicyclic) bond motifs is 1. The van der Waals surface area contributed by atoms with E-state index in [0.29, 0.717) is 12.1 Å². The van der Waals surface area contributed by atoms with Crippen LogP contribution < -0.4 is 5.32 Å². The first-order valence-corrected chi connectivity index (χ1v) is 8.34. The van der Waals surface area contributed by atoms with Crippen molar-refractivity contribution >= 4 is 33.1 Å². The molecule has 1 heterocycles. The van der Waals surface area contributed by atoms with Gasteiger partial charge >= 0.3 is 0 Å². The molecule has 0 unspecified atom stereocenters. The van der Waals surface area contributed by atoms with E-state index in [9.17, 15) is 9.18 Å². The number of nitrogens with zero attached hydrogens (tertiary/aromatic N) is 1. The van der Waals surface area contributed by atoms with Crippen molar-refractivity contribution in [2.24, 2.45) is 0 Å². The minimum Gasteiger partial charge on any atom is -0.326 e. The lowest BCUT2D eigenvalue weighted by molar-refractivity contribution is -0.116. The number of anilines is 1. The van der Waals surface area contributed by atoms with E-state index < -0.39 is 0 Å². The van der Waals surface area contributed by atoms with Gasteiger partial charge in [0.15, 0.2) is 0 Å². The van der Waals surface area contributed by atoms with Crippen LogP contribution in [-0.2, 0) is 11.2 Å². The minimum absolute atomic E-state index is 0.0974. The lowest BCUT2D eigenvalue weighted by atomic mass is 10.2. The second-order valence-electron chi connectivity index (χ2n) is 5.44. The molecule has 0 radical (unpaired) electrons. The number of thiazole rings is 1. The highest BCUT2D eigenvalue weighted by Gasteiger charge is 2.08. The Morgan fingerprint density at radius 3 is 2.91 bits per heavy atom. The van der Waals surface area contributed by atoms with Crippen molar-refractivity contribution in [3.05, 3.63) is 58.9 Å². The van der Waals surface area contributed by atoms with Gasteiger partial charge in [0.1, 0.15) is 5.82 Å². The van der Waals surface area contributed by atoms with E-state index in [0.717, 1.165) is 28.9 Å². The lowest BCUT2D eigenvalue weighted by Crippen LogP contribution is -2.12. The Morgan fingerprint density at radius 2 is 2.09 bits per heavy atom. The Morgan fingerprint density at radius 1 is 1.26 bits per heavy atom. The fraction of sp³-hybridized carbons (Fsp3) is 0.222. The van der Waals surface area contributed by atoms with Crippen molar-refractivity contribution in [3.63, 3.8) is 0 Å². The molecule has 3 aromatic rings. The van der Waals surface area contributed by atoms with E-state index in [2.05, 4.69) is 16.4 Å². The zero-order valence-electron chi connectivity index (χ0n) is 12.8. The summed E-state index contributed by atoms with van der Waals surface area (Å²) in [6, 6.07) is 12.4. The van der Waals surface area contributed by atoms with Gasteiger partial charge in [-0.05, 0) is 49.6 Å². The summed E-state index contributed by atoms with van der Waals surface area (Å²) in [7, 11) is 0. The van der Waals surface area contributed by atoms with Gasteiger partial charge in [-0.1, -0.05) is 18.2 Å². The van der Waals surface area contributed by atoms with Gasteiger partial charge in [-0.25, -0.2) is 9.37 Å². The molecule has 0 saturated carbocycles. The van der Waals surface area contributed by atoms with Gasteiger partial charge in [0.2, 0.25) is 5.91 Å². The van der Waals surface area contributed by atoms with Gasteiger partial charge in [-0.15, -0.1) is 11.3 Å². The fourth-order valence-corrected chi connectivity index (χ4v) is 3.38. The summed E-state index contributed by atoms with van der Waals surface area (Å²) < 4.78 is 14.4. The van der Waals surface area contributed by atoms with Crippen LogP contribution in [0.25, 0.3) is 10.2 Å². The highest BCUT2D eigenvalue weighted by molar-refractivity contribution is 7.18. The molecule has 1 N–H and O–H groups in total. The third-order valence-electron chi connectivity index (χ3n) is 3.61. The number of para-hydroxylation sites is 1. The molecule has 0 aliphatic rings. The van der Waals surface area contributed by atoms with Crippen LogP contribution >= 0.6 is 11.3 Å². The molecule has 0 saturated heterocycles. The summed E-state index contributed by atoms with van der Waals surface area (Å²) in [5, 5.41) is 3.81. The van der Waals surface area contributed by atoms with E-state index in [-0.39, 0.29) is 11.7 Å². The summed E-state index contributed by atoms with van der Waals surface area (Å²) in [6.07, 6.45) is 1.89. The molecule has 3 rings (SSSR count). The van der Waals surface area contributed by atoms with E-state index >= 15 is 0 Å². The number of halogens is 1. The van der Waals surface area contributed by atoms with E-state index in [1.165, 1.54) is 16.8 Å². The van der Waals surface area contributed by atoms with Crippen LogP contribution in [0.3, 0.4) is 0 Å². The van der Waals surface area contributed by atoms with Crippen molar-refractivity contribution in [2.45, 2.75) is 26.2 Å². The highest BCUT2D eigenvalue weighted by Crippen LogP contribution is 2.23. The van der Waals surface area contributed by atoms with Crippen molar-refractivity contribution in [1.82, 2.24) is 4.98 Å². The first-order chi connectivity index (χ1) is 11.1. The number of hydrogen-bond acceptors (Lipinski definition) is 3. The number of aryl methyl sites for hydroxylation is 2. The summed E-state index contributed by atoms with van der Waals surface area (Å²) >= 11 is 1.66. The van der Waals surface area contributed by atoms with Crippen molar-refractivity contribution in [1.29, 1.82) is 0 Å². The average Bonchev–Trinajstić information content (AvgIpc) is 2.93. The number of amides is 1. The molecule has 0 fully saturated rings. The van der Waals surface area contributed by atoms with Gasteiger partial charge in [0.25, 0.3) is 0 Å². The summed E-state index contributed by atoms with van der Waals surface area (Å²) in [5.41, 5.74) is 2.40. The molecule has 23 heavy (non-hydrogen) atoms. The second-order valence-corrected chi connectivity index (χ2v) is 6.55. The zero-order valence-corrected chi connectivity index (χ0v) is 13.6. The van der Waals surface area contributed by atoms with Crippen LogP contribution in [0.2, 0.25) is 0 Å². The first kappa shape index (κ1) is 15.6. The van der Waals surface area contributed by atoms with Gasteiger partial charge in [-0.2, -0.15) is 0 Å². The number of carbonyl (C=O) groups excluding carboxylic acids is 1. The number of hydrogen-bond donors (Lipinski definition) is 1. The summed E-state index contributed by atoms with van der Waals surface area (Å²) in [5.74, 6) is -0.444. The fourth-order valence-electron chi connectivity index (χ4n) is 2.37. The first-order valence-electron chi connectivity index (χ1n) is 7.52. The smallest absolute Gasteiger partial charge is 0.224 e. The standard InChI is InChI=1S/C18H17FN2OS/c1-12-9-10-13(19)11-15(12)20-17(22)7-4-8-18-21-14-5-2-3-6-16(14)23-18/h2-3,5-6,9-11H,4,7-8H2,1H3,(H,20,22). The summed E-state index contributed by atoms with van der Waals surface area (Å²) in [6.45, 7) is 1.84. The minimum atomic E-state index is -0.347. The Hall–Kier alpha value is -2.27. The molecule has 0 aliphatic carbocycles. The van der Waals surface area contributed by atoms with Crippen LogP contribution in [0, 0.1) is 12.7 Å². The van der Waals surface area contributed by atoms with Crippen LogP contribution in [0.4, 0.5) is 10.1 Å². The maximum Gasteiger partial charge on any atom is 0.224 e. The third kappa shape index (κ3) is 3.93. The Kier molecular flexibility index (Phi) is 4.67. The molecule has 0 atom stereocenters. The molecule has 0 aliphatic heterocycles. The molecule has 1 aromatic heterocycles. The molecular weight excluding hydrogens is 311 g/mol. The number of benzene rings is 2. The molecular formula is C18H17FN2OS. The van der Waals surface area contributed by atoms with E-state index in [1.807, 2.05) is 25.1 Å². The number of rotatable bonds is 5. The van der Waals surface area contributed by atoms with Crippen LogP contribution in [0.5, 0.6) is 0 Å². The molecule has 0 spiro atoms. The summed E-state index contributed by atoms with van der Waals surface area (Å²) in [4.78, 5) is 16.5. The normalized spacial score (nSPS) is 10.9. The van der Waals surface area contributed by atoms with Gasteiger partial charge in [-0.3, -0.25) is 4.79 Å². The van der Waals surface area contributed by atoms with E-state index in [1.54, 1.807) is 17.4 Å². The number of carbonyl (C=O) groups is 1. The van der Waals surface area contributed by atoms with Gasteiger partial charge in [0, 0.05) is 12.1 Å². The van der Waals surface area contributed by atoms with Crippen molar-refractivity contribution in [3.8, 4) is 0 Å². The topological polar surface area (TPSA) is 42.0 Å². The highest BCUT2D eigenvalue weighted by atomic mass is 32.1. The van der Waals surface area contributed by atoms with Crippen molar-refractivity contribution < 1.29 is 9.18 Å². The van der Waals surface area contributed by atoms with Crippen LogP contribution in [0.15, 0.2) is 42.5 Å². The molecule has 2 aromatic carbocycles. The lowest BCUT2D eigenvalue weighted by Gasteiger charge is -2.08. The largest absolute Gasteiger partial charge is 0.326 e. The molecule has 118 valence electrons.